The van der Waals surface area contributed by atoms with Gasteiger partial charge in [-0.05, 0) is 77.7 Å². The van der Waals surface area contributed by atoms with Crippen molar-refractivity contribution in [1.82, 2.24) is 0 Å². The molecule has 2 nitrogen and oxygen atoms in total. The van der Waals surface area contributed by atoms with E-state index in [2.05, 4.69) is 170 Å². The van der Waals surface area contributed by atoms with Crippen molar-refractivity contribution in [3.8, 4) is 11.1 Å². The summed E-state index contributed by atoms with van der Waals surface area (Å²) < 4.78 is 9.19. The van der Waals surface area contributed by atoms with Crippen molar-refractivity contribution in [1.29, 1.82) is 0 Å². The van der Waals surface area contributed by atoms with Crippen LogP contribution in [0, 0.1) is 0 Å². The molecule has 47 heavy (non-hydrogen) atoms. The molecule has 1 aliphatic carbocycles. The normalized spacial score (nSPS) is 13.4. The number of benzene rings is 7. The van der Waals surface area contributed by atoms with Gasteiger partial charge in [-0.1, -0.05) is 109 Å². The van der Waals surface area contributed by atoms with Crippen molar-refractivity contribution in [3.63, 3.8) is 0 Å². The minimum Gasteiger partial charge on any atom is -0.456 e. The quantitative estimate of drug-likeness (QED) is 0.195. The number of nitrogens with zero attached hydrogens (tertiary/aromatic N) is 1. The van der Waals surface area contributed by atoms with Gasteiger partial charge in [-0.25, -0.2) is 0 Å². The molecule has 0 saturated carbocycles. The van der Waals surface area contributed by atoms with E-state index in [4.69, 9.17) is 4.42 Å². The van der Waals surface area contributed by atoms with Crippen molar-refractivity contribution in [2.75, 3.05) is 4.90 Å². The summed E-state index contributed by atoms with van der Waals surface area (Å²) in [6.07, 6.45) is 0. The third-order valence-corrected chi connectivity index (χ3v) is 11.3. The van der Waals surface area contributed by atoms with Crippen LogP contribution in [0.5, 0.6) is 0 Å². The van der Waals surface area contributed by atoms with E-state index in [1.165, 1.54) is 48.0 Å². The minimum absolute atomic E-state index is 0.455. The van der Waals surface area contributed by atoms with Crippen molar-refractivity contribution >= 4 is 70.5 Å². The average Bonchev–Trinajstić information content (AvgIpc) is 3.77. The maximum absolute atomic E-state index is 6.59. The lowest BCUT2D eigenvalue weighted by Crippen LogP contribution is -2.26. The van der Waals surface area contributed by atoms with Gasteiger partial charge in [-0.2, -0.15) is 0 Å². The molecule has 0 amide bonds. The first-order chi connectivity index (χ1) is 23.2. The number of rotatable bonds is 4. The zero-order chi connectivity index (χ0) is 31.1. The molecule has 7 aromatic carbocycles. The second-order valence-corrected chi connectivity index (χ2v) is 13.7. The van der Waals surface area contributed by atoms with E-state index in [0.717, 1.165) is 39.0 Å². The van der Waals surface area contributed by atoms with Gasteiger partial charge in [0.15, 0.2) is 0 Å². The molecule has 0 radical (unpaired) electrons. The third-order valence-electron chi connectivity index (χ3n) is 10.1. The minimum atomic E-state index is -0.455. The molecule has 0 aliphatic heterocycles. The van der Waals surface area contributed by atoms with Crippen LogP contribution in [0.15, 0.2) is 162 Å². The van der Waals surface area contributed by atoms with Crippen LogP contribution in [0.3, 0.4) is 0 Å². The first-order valence-electron chi connectivity index (χ1n) is 16.1. The van der Waals surface area contributed by atoms with Crippen LogP contribution in [-0.2, 0) is 5.41 Å². The molecular weight excluding hydrogens is 591 g/mol. The Morgan fingerprint density at radius 3 is 1.94 bits per heavy atom. The largest absolute Gasteiger partial charge is 0.456 e. The lowest BCUT2D eigenvalue weighted by Gasteiger charge is -2.36. The molecule has 10 rings (SSSR count). The van der Waals surface area contributed by atoms with E-state index < -0.39 is 5.41 Å². The van der Waals surface area contributed by atoms with E-state index >= 15 is 0 Å². The van der Waals surface area contributed by atoms with Crippen molar-refractivity contribution in [2.45, 2.75) is 12.3 Å². The van der Waals surface area contributed by atoms with E-state index in [1.54, 1.807) is 0 Å². The summed E-state index contributed by atoms with van der Waals surface area (Å²) in [5.41, 5.74) is 11.2. The fourth-order valence-corrected chi connectivity index (χ4v) is 9.22. The van der Waals surface area contributed by atoms with Crippen LogP contribution in [-0.4, -0.2) is 0 Å². The van der Waals surface area contributed by atoms with Crippen LogP contribution in [0.2, 0.25) is 0 Å². The average molecular weight is 620 g/mol. The predicted molar refractivity (Wildman–Crippen MR) is 199 cm³/mol. The monoisotopic (exact) mass is 619 g/mol. The first kappa shape index (κ1) is 26.6. The van der Waals surface area contributed by atoms with Gasteiger partial charge in [-0.15, -0.1) is 11.3 Å². The Kier molecular flexibility index (Phi) is 5.61. The maximum Gasteiger partial charge on any atom is 0.135 e. The van der Waals surface area contributed by atoms with Crippen LogP contribution < -0.4 is 4.90 Å². The molecule has 0 atom stereocenters. The summed E-state index contributed by atoms with van der Waals surface area (Å²) in [4.78, 5) is 2.45. The Balaban J connectivity index is 1.35. The summed E-state index contributed by atoms with van der Waals surface area (Å²) >= 11 is 1.86. The number of hydrogen-bond donors (Lipinski definition) is 0. The Bertz CT molecular complexity index is 2620. The molecule has 9 aromatic rings. The molecule has 2 aromatic heterocycles. The van der Waals surface area contributed by atoms with Gasteiger partial charge >= 0.3 is 0 Å². The topological polar surface area (TPSA) is 16.4 Å². The van der Waals surface area contributed by atoms with Crippen LogP contribution in [0.1, 0.15) is 23.6 Å². The molecule has 0 spiro atoms. The summed E-state index contributed by atoms with van der Waals surface area (Å²) in [5, 5.41) is 4.90. The SMILES string of the molecule is CC1(c2c(N(c3ccccc3)c3ccc4c(c3)sc3ccccc34)ccc3oc4ccccc4c23)c2ccccc2-c2ccccc21. The lowest BCUT2D eigenvalue weighted by atomic mass is 9.71. The summed E-state index contributed by atoms with van der Waals surface area (Å²) in [6.45, 7) is 2.41. The molecule has 3 heteroatoms. The molecule has 0 fully saturated rings. The zero-order valence-corrected chi connectivity index (χ0v) is 26.6. The van der Waals surface area contributed by atoms with E-state index in [1.807, 2.05) is 11.3 Å². The fourth-order valence-electron chi connectivity index (χ4n) is 8.08. The highest BCUT2D eigenvalue weighted by atomic mass is 32.1. The first-order valence-corrected chi connectivity index (χ1v) is 16.9. The molecule has 0 bridgehead atoms. The van der Waals surface area contributed by atoms with Gasteiger partial charge < -0.3 is 9.32 Å². The fraction of sp³-hybridized carbons (Fsp3) is 0.0455. The van der Waals surface area contributed by atoms with Crippen LogP contribution in [0.25, 0.3) is 53.2 Å². The molecule has 1 aliphatic rings. The molecule has 0 saturated heterocycles. The van der Waals surface area contributed by atoms with Gasteiger partial charge in [0.2, 0.25) is 0 Å². The highest BCUT2D eigenvalue weighted by Crippen LogP contribution is 2.58. The Hall–Kier alpha value is -5.64. The number of para-hydroxylation sites is 2. The van der Waals surface area contributed by atoms with Crippen LogP contribution in [0.4, 0.5) is 17.1 Å². The predicted octanol–water partition coefficient (Wildman–Crippen LogP) is 12.8. The number of furan rings is 1. The second-order valence-electron chi connectivity index (χ2n) is 12.6. The van der Waals surface area contributed by atoms with Gasteiger partial charge in [0.1, 0.15) is 11.2 Å². The highest BCUT2D eigenvalue weighted by Gasteiger charge is 2.44. The standard InChI is InChI=1S/C44H29NOS/c1-44(35-19-9-5-15-30(35)31-16-6-10-20-36(31)44)43-37(25-26-39-42(43)34-18-7-11-21-38(34)46-39)45(28-13-3-2-4-14-28)29-23-24-33-32-17-8-12-22-40(32)47-41(33)27-29/h2-27H,1H3. The summed E-state index contributed by atoms with van der Waals surface area (Å²) in [7, 11) is 0. The molecule has 0 N–H and O–H groups in total. The van der Waals surface area contributed by atoms with Gasteiger partial charge in [0.25, 0.3) is 0 Å². The van der Waals surface area contributed by atoms with Crippen LogP contribution >= 0.6 is 11.3 Å². The number of anilines is 3. The molecule has 0 unspecified atom stereocenters. The van der Waals surface area contributed by atoms with E-state index in [0.29, 0.717) is 0 Å². The molecular formula is C44H29NOS. The molecule has 2 heterocycles. The van der Waals surface area contributed by atoms with Gasteiger partial charge in [0.05, 0.1) is 5.69 Å². The van der Waals surface area contributed by atoms with Crippen molar-refractivity contribution in [2.24, 2.45) is 0 Å². The maximum atomic E-state index is 6.59. The van der Waals surface area contributed by atoms with E-state index in [-0.39, 0.29) is 0 Å². The Labute approximate surface area is 276 Å². The van der Waals surface area contributed by atoms with Crippen molar-refractivity contribution < 1.29 is 4.42 Å². The highest BCUT2D eigenvalue weighted by molar-refractivity contribution is 7.25. The lowest BCUT2D eigenvalue weighted by molar-refractivity contribution is 0.666. The van der Waals surface area contributed by atoms with Gasteiger partial charge in [-0.3, -0.25) is 0 Å². The zero-order valence-electron chi connectivity index (χ0n) is 25.8. The van der Waals surface area contributed by atoms with Crippen molar-refractivity contribution in [3.05, 3.63) is 174 Å². The number of thiophene rings is 1. The smallest absolute Gasteiger partial charge is 0.135 e. The number of fused-ring (bicyclic) bond motifs is 9. The summed E-state index contributed by atoms with van der Waals surface area (Å²) in [5.74, 6) is 0. The van der Waals surface area contributed by atoms with Gasteiger partial charge in [0, 0.05) is 53.3 Å². The van der Waals surface area contributed by atoms with E-state index in [9.17, 15) is 0 Å². The Morgan fingerprint density at radius 1 is 0.511 bits per heavy atom. The summed E-state index contributed by atoms with van der Waals surface area (Å²) in [6, 6.07) is 57.2. The number of hydrogen-bond acceptors (Lipinski definition) is 3. The third kappa shape index (κ3) is 3.72. The molecule has 222 valence electrons. The second kappa shape index (κ2) is 9.93. The Morgan fingerprint density at radius 2 is 1.15 bits per heavy atom.